The molecule has 1 fully saturated rings. The average Bonchev–Trinajstić information content (AvgIpc) is 2.70. The normalized spacial score (nSPS) is 16.4. The van der Waals surface area contributed by atoms with Crippen LogP contribution >= 0.6 is 12.2 Å². The number of benzene rings is 1. The van der Waals surface area contributed by atoms with Crippen LogP contribution in [0, 0.1) is 4.64 Å². The highest BCUT2D eigenvalue weighted by Gasteiger charge is 2.28. The van der Waals surface area contributed by atoms with Crippen LogP contribution in [0.5, 0.6) is 0 Å². The number of carbonyl (C=O) groups is 1. The van der Waals surface area contributed by atoms with E-state index < -0.39 is 6.04 Å². The zero-order valence-corrected chi connectivity index (χ0v) is 16.6. The van der Waals surface area contributed by atoms with Crippen LogP contribution in [0.2, 0.25) is 0 Å². The molecule has 28 heavy (non-hydrogen) atoms. The molecule has 1 saturated heterocycles. The maximum absolute atomic E-state index is 13.7. The molecule has 0 N–H and O–H groups in total. The third-order valence-corrected chi connectivity index (χ3v) is 5.81. The summed E-state index contributed by atoms with van der Waals surface area (Å²) in [5.74, 6) is 0.0919. The second-order valence-corrected chi connectivity index (χ2v) is 7.64. The van der Waals surface area contributed by atoms with Crippen LogP contribution in [0.3, 0.4) is 0 Å². The zero-order chi connectivity index (χ0) is 19.3. The number of hydrogen-bond donors (Lipinski definition) is 0. The van der Waals surface area contributed by atoms with E-state index in [1.165, 1.54) is 19.3 Å². The maximum Gasteiger partial charge on any atom is 0.250 e. The lowest BCUT2D eigenvalue weighted by atomic mass is 10.0. The topological polar surface area (TPSA) is 51.0 Å². The molecule has 144 valence electrons. The summed E-state index contributed by atoms with van der Waals surface area (Å²) in [6.45, 7) is 1.61. The lowest BCUT2D eigenvalue weighted by Crippen LogP contribution is -2.40. The minimum Gasteiger partial charge on any atom is -0.341 e. The minimum absolute atomic E-state index is 0.0919. The molecule has 2 aromatic heterocycles. The second kappa shape index (κ2) is 8.61. The number of hydrogen-bond acceptors (Lipinski definition) is 4. The predicted molar refractivity (Wildman–Crippen MR) is 113 cm³/mol. The Balaban J connectivity index is 1.79. The lowest BCUT2D eigenvalue weighted by molar-refractivity contribution is -0.134. The van der Waals surface area contributed by atoms with Crippen LogP contribution in [0.4, 0.5) is 0 Å². The molecule has 3 heterocycles. The number of pyridine rings is 1. The van der Waals surface area contributed by atoms with Crippen LogP contribution in [0.1, 0.15) is 43.7 Å². The van der Waals surface area contributed by atoms with Crippen molar-refractivity contribution in [2.24, 2.45) is 0 Å². The summed E-state index contributed by atoms with van der Waals surface area (Å²) in [6.07, 6.45) is 10.9. The fourth-order valence-electron chi connectivity index (χ4n) is 3.86. The highest BCUT2D eigenvalue weighted by Crippen LogP contribution is 2.25. The summed E-state index contributed by atoms with van der Waals surface area (Å²) in [6, 6.07) is 11.2. The molecule has 1 aliphatic rings. The van der Waals surface area contributed by atoms with Gasteiger partial charge in [0.15, 0.2) is 0 Å². The van der Waals surface area contributed by atoms with Crippen molar-refractivity contribution in [2.45, 2.75) is 38.1 Å². The van der Waals surface area contributed by atoms with E-state index in [0.717, 1.165) is 42.4 Å². The van der Waals surface area contributed by atoms with Gasteiger partial charge in [0.25, 0.3) is 0 Å². The number of carbonyl (C=O) groups excluding carboxylic acids is 1. The van der Waals surface area contributed by atoms with Gasteiger partial charge in [0.1, 0.15) is 10.7 Å². The molecule has 3 aromatic rings. The molecular weight excluding hydrogens is 368 g/mol. The van der Waals surface area contributed by atoms with E-state index in [2.05, 4.69) is 9.97 Å². The van der Waals surface area contributed by atoms with Crippen molar-refractivity contribution in [1.29, 1.82) is 0 Å². The first-order chi connectivity index (χ1) is 13.8. The number of amides is 1. The molecule has 0 radical (unpaired) electrons. The van der Waals surface area contributed by atoms with Crippen molar-refractivity contribution >= 4 is 29.0 Å². The van der Waals surface area contributed by atoms with E-state index in [4.69, 9.17) is 12.2 Å². The molecule has 0 aliphatic carbocycles. The Labute approximate surface area is 170 Å². The average molecular weight is 393 g/mol. The molecule has 1 unspecified atom stereocenters. The van der Waals surface area contributed by atoms with Crippen molar-refractivity contribution in [1.82, 2.24) is 19.4 Å². The smallest absolute Gasteiger partial charge is 0.250 e. The Hall–Kier alpha value is -2.60. The third kappa shape index (κ3) is 3.83. The fourth-order valence-corrected chi connectivity index (χ4v) is 4.17. The van der Waals surface area contributed by atoms with Gasteiger partial charge in [-0.2, -0.15) is 0 Å². The number of nitrogens with zero attached hydrogens (tertiary/aromatic N) is 4. The van der Waals surface area contributed by atoms with Crippen LogP contribution in [0.25, 0.3) is 10.9 Å². The Kier molecular flexibility index (Phi) is 5.76. The molecule has 1 aliphatic heterocycles. The van der Waals surface area contributed by atoms with Crippen molar-refractivity contribution in [3.8, 4) is 0 Å². The second-order valence-electron chi connectivity index (χ2n) is 7.26. The van der Waals surface area contributed by atoms with E-state index in [1.807, 2.05) is 45.9 Å². The minimum atomic E-state index is -0.509. The zero-order valence-electron chi connectivity index (χ0n) is 15.8. The first-order valence-corrected chi connectivity index (χ1v) is 10.3. The SMILES string of the molecule is O=C(C(c1ccccc1)n1cnc2ccncc2c1=S)N1CCCCCCC1. The monoisotopic (exact) mass is 392 g/mol. The van der Waals surface area contributed by atoms with Gasteiger partial charge in [-0.15, -0.1) is 0 Å². The van der Waals surface area contributed by atoms with Crippen LogP contribution < -0.4 is 0 Å². The standard InChI is InChI=1S/C22H24N4OS/c27-21(25-13-7-2-1-3-8-14-25)20(17-9-5-4-6-10-17)26-16-24-19-11-12-23-15-18(19)22(26)28/h4-6,9-12,15-16,20H,1-3,7-8,13-14H2. The van der Waals surface area contributed by atoms with Gasteiger partial charge in [0.2, 0.25) is 5.91 Å². The first kappa shape index (κ1) is 18.7. The molecule has 1 atom stereocenters. The van der Waals surface area contributed by atoms with Gasteiger partial charge < -0.3 is 9.47 Å². The van der Waals surface area contributed by atoms with E-state index in [-0.39, 0.29) is 5.91 Å². The summed E-state index contributed by atoms with van der Waals surface area (Å²) >= 11 is 5.75. The van der Waals surface area contributed by atoms with Crippen molar-refractivity contribution in [3.63, 3.8) is 0 Å². The Morgan fingerprint density at radius 3 is 2.46 bits per heavy atom. The van der Waals surface area contributed by atoms with Gasteiger partial charge in [-0.25, -0.2) is 4.98 Å². The van der Waals surface area contributed by atoms with E-state index >= 15 is 0 Å². The molecule has 5 nitrogen and oxygen atoms in total. The number of likely N-dealkylation sites (tertiary alicyclic amines) is 1. The van der Waals surface area contributed by atoms with Gasteiger partial charge in [-0.3, -0.25) is 9.78 Å². The van der Waals surface area contributed by atoms with Crippen LogP contribution in [-0.4, -0.2) is 38.4 Å². The summed E-state index contributed by atoms with van der Waals surface area (Å²) < 4.78 is 2.42. The Morgan fingerprint density at radius 2 is 1.71 bits per heavy atom. The third-order valence-electron chi connectivity index (χ3n) is 5.38. The summed E-state index contributed by atoms with van der Waals surface area (Å²) in [4.78, 5) is 24.4. The molecule has 0 saturated carbocycles. The molecule has 1 amide bonds. The van der Waals surface area contributed by atoms with Gasteiger partial charge in [0, 0.05) is 25.5 Å². The van der Waals surface area contributed by atoms with E-state index in [9.17, 15) is 4.79 Å². The largest absolute Gasteiger partial charge is 0.341 e. The van der Waals surface area contributed by atoms with Crippen molar-refractivity contribution in [3.05, 3.63) is 65.3 Å². The molecule has 4 rings (SSSR count). The Morgan fingerprint density at radius 1 is 1.00 bits per heavy atom. The number of fused-ring (bicyclic) bond motifs is 1. The molecule has 0 bridgehead atoms. The number of aromatic nitrogens is 3. The molecular formula is C22H24N4OS. The van der Waals surface area contributed by atoms with Crippen LogP contribution in [0.15, 0.2) is 55.1 Å². The maximum atomic E-state index is 13.7. The summed E-state index contributed by atoms with van der Waals surface area (Å²) in [5, 5.41) is 0.793. The van der Waals surface area contributed by atoms with Crippen LogP contribution in [-0.2, 0) is 4.79 Å². The quantitative estimate of drug-likeness (QED) is 0.614. The van der Waals surface area contributed by atoms with Crippen molar-refractivity contribution in [2.75, 3.05) is 13.1 Å². The predicted octanol–water partition coefficient (Wildman–Crippen LogP) is 4.54. The lowest BCUT2D eigenvalue weighted by Gasteiger charge is -2.30. The highest BCUT2D eigenvalue weighted by atomic mass is 32.1. The van der Waals surface area contributed by atoms with Gasteiger partial charge in [0.05, 0.1) is 17.2 Å². The number of rotatable bonds is 3. The fraction of sp³-hybridized carbons (Fsp3) is 0.364. The first-order valence-electron chi connectivity index (χ1n) is 9.90. The molecule has 6 heteroatoms. The molecule has 0 spiro atoms. The Bertz CT molecular complexity index is 1010. The van der Waals surface area contributed by atoms with Crippen molar-refractivity contribution < 1.29 is 4.79 Å². The summed E-state index contributed by atoms with van der Waals surface area (Å²) in [7, 11) is 0. The van der Waals surface area contributed by atoms with E-state index in [1.54, 1.807) is 18.7 Å². The van der Waals surface area contributed by atoms with E-state index in [0.29, 0.717) is 4.64 Å². The highest BCUT2D eigenvalue weighted by molar-refractivity contribution is 7.71. The van der Waals surface area contributed by atoms with Gasteiger partial charge in [-0.05, 0) is 24.5 Å². The summed E-state index contributed by atoms with van der Waals surface area (Å²) in [5.41, 5.74) is 1.72. The van der Waals surface area contributed by atoms with Gasteiger partial charge >= 0.3 is 0 Å². The molecule has 1 aromatic carbocycles. The van der Waals surface area contributed by atoms with Gasteiger partial charge in [-0.1, -0.05) is 61.8 Å².